The number of benzene rings is 1. The highest BCUT2D eigenvalue weighted by Crippen LogP contribution is 2.24. The highest BCUT2D eigenvalue weighted by atomic mass is 35.5. The molecule has 0 radical (unpaired) electrons. The van der Waals surface area contributed by atoms with E-state index < -0.39 is 11.4 Å². The number of amides is 1. The maximum absolute atomic E-state index is 11.7. The van der Waals surface area contributed by atoms with Crippen molar-refractivity contribution in [2.24, 2.45) is 5.73 Å². The Kier molecular flexibility index (Phi) is 4.54. The van der Waals surface area contributed by atoms with E-state index in [-0.39, 0.29) is 6.04 Å². The molecule has 0 bridgehead atoms. The summed E-state index contributed by atoms with van der Waals surface area (Å²) in [6.07, 6.45) is 0.920. The molecule has 94 valence electrons. The fourth-order valence-electron chi connectivity index (χ4n) is 1.69. The van der Waals surface area contributed by atoms with Crippen LogP contribution >= 0.6 is 11.6 Å². The number of rotatable bonds is 5. The zero-order valence-electron chi connectivity index (χ0n) is 10.5. The van der Waals surface area contributed by atoms with E-state index in [0.29, 0.717) is 5.02 Å². The number of nitrogens with one attached hydrogen (secondary N) is 1. The quantitative estimate of drug-likeness (QED) is 0.848. The molecule has 0 aromatic heterocycles. The number of halogens is 1. The third-order valence-electron chi connectivity index (χ3n) is 3.04. The van der Waals surface area contributed by atoms with E-state index in [1.54, 1.807) is 19.1 Å². The number of carbonyl (C=O) groups excluding carboxylic acids is 1. The van der Waals surface area contributed by atoms with Gasteiger partial charge in [0.25, 0.3) is 0 Å². The van der Waals surface area contributed by atoms with Gasteiger partial charge in [0, 0.05) is 11.1 Å². The van der Waals surface area contributed by atoms with Crippen LogP contribution in [0.5, 0.6) is 0 Å². The first-order chi connectivity index (χ1) is 7.90. The number of hydrogen-bond donors (Lipinski definition) is 2. The predicted octanol–water partition coefficient (Wildman–Crippen LogP) is 2.43. The Labute approximate surface area is 107 Å². The minimum atomic E-state index is -0.889. The van der Waals surface area contributed by atoms with E-state index in [9.17, 15) is 4.79 Å². The Morgan fingerprint density at radius 1 is 1.59 bits per heavy atom. The molecule has 0 aliphatic carbocycles. The van der Waals surface area contributed by atoms with Crippen LogP contribution in [0.3, 0.4) is 0 Å². The normalized spacial score (nSPS) is 16.2. The second-order valence-electron chi connectivity index (χ2n) is 4.45. The molecule has 2 atom stereocenters. The molecule has 2 unspecified atom stereocenters. The summed E-state index contributed by atoms with van der Waals surface area (Å²) in [6.45, 7) is 5.86. The SMILES string of the molecule is CCC(C)NC(C)(C(N)=O)c1cccc(Cl)c1. The molecular formula is C13H19ClN2O. The molecule has 0 saturated carbocycles. The van der Waals surface area contributed by atoms with Crippen molar-refractivity contribution in [3.8, 4) is 0 Å². The maximum atomic E-state index is 11.7. The van der Waals surface area contributed by atoms with Gasteiger partial charge in [0.1, 0.15) is 5.54 Å². The van der Waals surface area contributed by atoms with Crippen molar-refractivity contribution in [2.75, 3.05) is 0 Å². The Balaban J connectivity index is 3.11. The molecule has 1 amide bonds. The number of primary amides is 1. The lowest BCUT2D eigenvalue weighted by molar-refractivity contribution is -0.124. The van der Waals surface area contributed by atoms with Crippen LogP contribution in [-0.4, -0.2) is 11.9 Å². The molecule has 1 rings (SSSR count). The third kappa shape index (κ3) is 3.20. The fourth-order valence-corrected chi connectivity index (χ4v) is 1.88. The van der Waals surface area contributed by atoms with Crippen LogP contribution in [0.4, 0.5) is 0 Å². The third-order valence-corrected chi connectivity index (χ3v) is 3.28. The topological polar surface area (TPSA) is 55.1 Å². The van der Waals surface area contributed by atoms with Gasteiger partial charge in [-0.3, -0.25) is 10.1 Å². The van der Waals surface area contributed by atoms with Crippen LogP contribution in [0.15, 0.2) is 24.3 Å². The van der Waals surface area contributed by atoms with E-state index in [4.69, 9.17) is 17.3 Å². The molecule has 0 heterocycles. The number of carbonyl (C=O) groups is 1. The number of nitrogens with two attached hydrogens (primary N) is 1. The molecule has 0 fully saturated rings. The molecule has 17 heavy (non-hydrogen) atoms. The average Bonchev–Trinajstić information content (AvgIpc) is 2.28. The van der Waals surface area contributed by atoms with Crippen LogP contribution in [0.25, 0.3) is 0 Å². The Bertz CT molecular complexity index is 408. The van der Waals surface area contributed by atoms with Crippen LogP contribution in [-0.2, 0) is 10.3 Å². The standard InChI is InChI=1S/C13H19ClN2O/c1-4-9(2)16-13(3,12(15)17)10-6-5-7-11(14)8-10/h5-9,16H,4H2,1-3H3,(H2,15,17). The molecule has 1 aromatic carbocycles. The summed E-state index contributed by atoms with van der Waals surface area (Å²) in [6, 6.07) is 7.41. The van der Waals surface area contributed by atoms with Crippen molar-refractivity contribution in [1.82, 2.24) is 5.32 Å². The van der Waals surface area contributed by atoms with Crippen LogP contribution in [0, 0.1) is 0 Å². The molecule has 3 nitrogen and oxygen atoms in total. The van der Waals surface area contributed by atoms with Crippen molar-refractivity contribution in [3.05, 3.63) is 34.9 Å². The first-order valence-corrected chi connectivity index (χ1v) is 6.11. The molecule has 0 aliphatic heterocycles. The number of hydrogen-bond acceptors (Lipinski definition) is 2. The lowest BCUT2D eigenvalue weighted by Crippen LogP contribution is -2.53. The zero-order chi connectivity index (χ0) is 13.1. The summed E-state index contributed by atoms with van der Waals surface area (Å²) >= 11 is 5.95. The van der Waals surface area contributed by atoms with Crippen molar-refractivity contribution < 1.29 is 4.79 Å². The summed E-state index contributed by atoms with van der Waals surface area (Å²) in [5, 5.41) is 3.85. The highest BCUT2D eigenvalue weighted by Gasteiger charge is 2.34. The minimum absolute atomic E-state index is 0.200. The van der Waals surface area contributed by atoms with E-state index in [1.165, 1.54) is 0 Å². The van der Waals surface area contributed by atoms with Gasteiger partial charge >= 0.3 is 0 Å². The van der Waals surface area contributed by atoms with Crippen LogP contribution < -0.4 is 11.1 Å². The van der Waals surface area contributed by atoms with Crippen molar-refractivity contribution >= 4 is 17.5 Å². The molecule has 0 spiro atoms. The maximum Gasteiger partial charge on any atom is 0.242 e. The Morgan fingerprint density at radius 2 is 2.24 bits per heavy atom. The first-order valence-electron chi connectivity index (χ1n) is 5.73. The van der Waals surface area contributed by atoms with Gasteiger partial charge < -0.3 is 5.73 Å². The van der Waals surface area contributed by atoms with Crippen LogP contribution in [0.1, 0.15) is 32.8 Å². The van der Waals surface area contributed by atoms with Gasteiger partial charge in [-0.25, -0.2) is 0 Å². The molecular weight excluding hydrogens is 236 g/mol. The summed E-state index contributed by atoms with van der Waals surface area (Å²) < 4.78 is 0. The van der Waals surface area contributed by atoms with Crippen molar-refractivity contribution in [1.29, 1.82) is 0 Å². The van der Waals surface area contributed by atoms with Crippen molar-refractivity contribution in [2.45, 2.75) is 38.8 Å². The van der Waals surface area contributed by atoms with E-state index in [1.807, 2.05) is 19.1 Å². The largest absolute Gasteiger partial charge is 0.368 e. The fraction of sp³-hybridized carbons (Fsp3) is 0.462. The van der Waals surface area contributed by atoms with Gasteiger partial charge in [0.05, 0.1) is 0 Å². The van der Waals surface area contributed by atoms with Gasteiger partial charge in [-0.2, -0.15) is 0 Å². The Morgan fingerprint density at radius 3 is 2.71 bits per heavy atom. The van der Waals surface area contributed by atoms with Gasteiger partial charge in [0.2, 0.25) is 5.91 Å². The molecule has 1 aromatic rings. The molecule has 0 saturated heterocycles. The van der Waals surface area contributed by atoms with Crippen molar-refractivity contribution in [3.63, 3.8) is 0 Å². The zero-order valence-corrected chi connectivity index (χ0v) is 11.2. The Hall–Kier alpha value is -1.06. The van der Waals surface area contributed by atoms with Gasteiger partial charge in [0.15, 0.2) is 0 Å². The molecule has 3 N–H and O–H groups in total. The van der Waals surface area contributed by atoms with E-state index in [2.05, 4.69) is 12.2 Å². The second-order valence-corrected chi connectivity index (χ2v) is 4.89. The van der Waals surface area contributed by atoms with E-state index in [0.717, 1.165) is 12.0 Å². The van der Waals surface area contributed by atoms with E-state index >= 15 is 0 Å². The predicted molar refractivity (Wildman–Crippen MR) is 70.9 cm³/mol. The lowest BCUT2D eigenvalue weighted by atomic mass is 9.90. The monoisotopic (exact) mass is 254 g/mol. The smallest absolute Gasteiger partial charge is 0.242 e. The summed E-state index contributed by atoms with van der Waals surface area (Å²) in [5.74, 6) is -0.403. The van der Waals surface area contributed by atoms with Gasteiger partial charge in [-0.1, -0.05) is 30.7 Å². The average molecular weight is 255 g/mol. The summed E-state index contributed by atoms with van der Waals surface area (Å²) in [4.78, 5) is 11.7. The summed E-state index contributed by atoms with van der Waals surface area (Å²) in [5.41, 5.74) is 5.41. The van der Waals surface area contributed by atoms with Gasteiger partial charge in [-0.05, 0) is 38.0 Å². The minimum Gasteiger partial charge on any atom is -0.368 e. The van der Waals surface area contributed by atoms with Gasteiger partial charge in [-0.15, -0.1) is 0 Å². The second kappa shape index (κ2) is 5.52. The first kappa shape index (κ1) is 14.0. The van der Waals surface area contributed by atoms with Crippen LogP contribution in [0.2, 0.25) is 5.02 Å². The highest BCUT2D eigenvalue weighted by molar-refractivity contribution is 6.30. The molecule has 0 aliphatic rings. The molecule has 4 heteroatoms. The summed E-state index contributed by atoms with van der Waals surface area (Å²) in [7, 11) is 0. The lowest BCUT2D eigenvalue weighted by Gasteiger charge is -2.31.